The zero-order chi connectivity index (χ0) is 9.90. The molecule has 0 aromatic heterocycles. The molecule has 76 valence electrons. The van der Waals surface area contributed by atoms with Crippen molar-refractivity contribution in [3.05, 3.63) is 0 Å². The van der Waals surface area contributed by atoms with Gasteiger partial charge in [0.15, 0.2) is 0 Å². The third-order valence-electron chi connectivity index (χ3n) is 2.34. The summed E-state index contributed by atoms with van der Waals surface area (Å²) in [5.74, 6) is 0.389. The highest BCUT2D eigenvalue weighted by molar-refractivity contribution is 6.76. The van der Waals surface area contributed by atoms with Crippen molar-refractivity contribution in [2.24, 2.45) is 0 Å². The number of hydrogen-bond acceptors (Lipinski definition) is 1. The van der Waals surface area contributed by atoms with Gasteiger partial charge in [0.25, 0.3) is 0 Å². The molecule has 0 N–H and O–H groups in total. The standard InChI is InChI=1S/C10H21NOSi/c1-13(2,3)9-11-8-6-4-5-7-10(11)12/h4-9H2,1-3H3. The summed E-state index contributed by atoms with van der Waals surface area (Å²) in [5, 5.41) is 0. The molecule has 1 saturated heterocycles. The van der Waals surface area contributed by atoms with Crippen LogP contribution in [-0.4, -0.2) is 31.6 Å². The van der Waals surface area contributed by atoms with E-state index >= 15 is 0 Å². The molecule has 0 atom stereocenters. The Kier molecular flexibility index (Phi) is 3.53. The van der Waals surface area contributed by atoms with Crippen LogP contribution in [0.1, 0.15) is 25.7 Å². The monoisotopic (exact) mass is 199 g/mol. The molecular formula is C10H21NOSi. The first-order valence-electron chi connectivity index (χ1n) is 5.27. The average molecular weight is 199 g/mol. The van der Waals surface area contributed by atoms with Crippen molar-refractivity contribution >= 4 is 14.0 Å². The van der Waals surface area contributed by atoms with Crippen LogP contribution in [0, 0.1) is 0 Å². The van der Waals surface area contributed by atoms with Gasteiger partial charge in [-0.1, -0.05) is 26.1 Å². The summed E-state index contributed by atoms with van der Waals surface area (Å²) in [6.45, 7) is 7.98. The second-order valence-electron chi connectivity index (χ2n) is 5.19. The van der Waals surface area contributed by atoms with Gasteiger partial charge in [-0.15, -0.1) is 0 Å². The Hall–Kier alpha value is -0.313. The topological polar surface area (TPSA) is 20.3 Å². The lowest BCUT2D eigenvalue weighted by atomic mass is 10.2. The van der Waals surface area contributed by atoms with Crippen LogP contribution in [0.4, 0.5) is 0 Å². The van der Waals surface area contributed by atoms with Crippen molar-refractivity contribution in [1.29, 1.82) is 0 Å². The maximum atomic E-state index is 11.6. The molecule has 0 aliphatic carbocycles. The average Bonchev–Trinajstić information content (AvgIpc) is 2.14. The van der Waals surface area contributed by atoms with Crippen molar-refractivity contribution in [1.82, 2.24) is 4.90 Å². The van der Waals surface area contributed by atoms with E-state index in [4.69, 9.17) is 0 Å². The molecule has 1 amide bonds. The summed E-state index contributed by atoms with van der Waals surface area (Å²) < 4.78 is 0. The molecule has 1 rings (SSSR count). The van der Waals surface area contributed by atoms with Gasteiger partial charge in [0.05, 0.1) is 8.07 Å². The molecule has 0 radical (unpaired) electrons. The minimum Gasteiger partial charge on any atom is -0.346 e. The molecule has 2 nitrogen and oxygen atoms in total. The van der Waals surface area contributed by atoms with E-state index in [1.54, 1.807) is 0 Å². The van der Waals surface area contributed by atoms with Crippen molar-refractivity contribution in [2.75, 3.05) is 12.7 Å². The van der Waals surface area contributed by atoms with Gasteiger partial charge in [-0.2, -0.15) is 0 Å². The number of amides is 1. The predicted molar refractivity (Wildman–Crippen MR) is 58.4 cm³/mol. The van der Waals surface area contributed by atoms with Crippen LogP contribution in [0.2, 0.25) is 19.6 Å². The lowest BCUT2D eigenvalue weighted by Gasteiger charge is -2.27. The van der Waals surface area contributed by atoms with Gasteiger partial charge in [0.2, 0.25) is 5.91 Å². The highest BCUT2D eigenvalue weighted by Gasteiger charge is 2.23. The molecule has 0 aromatic rings. The van der Waals surface area contributed by atoms with E-state index in [-0.39, 0.29) is 0 Å². The van der Waals surface area contributed by atoms with Crippen LogP contribution in [0.3, 0.4) is 0 Å². The Morgan fingerprint density at radius 1 is 1.23 bits per heavy atom. The molecule has 13 heavy (non-hydrogen) atoms. The molecule has 0 saturated carbocycles. The van der Waals surface area contributed by atoms with Crippen molar-refractivity contribution in [3.63, 3.8) is 0 Å². The smallest absolute Gasteiger partial charge is 0.222 e. The third-order valence-corrected chi connectivity index (χ3v) is 3.67. The number of hydrogen-bond donors (Lipinski definition) is 0. The Bertz CT molecular complexity index is 186. The van der Waals surface area contributed by atoms with E-state index in [1.165, 1.54) is 12.8 Å². The molecule has 1 heterocycles. The predicted octanol–water partition coefficient (Wildman–Crippen LogP) is 2.27. The molecule has 0 spiro atoms. The summed E-state index contributed by atoms with van der Waals surface area (Å²) in [6.07, 6.45) is 5.36. The van der Waals surface area contributed by atoms with Crippen molar-refractivity contribution in [3.8, 4) is 0 Å². The Labute approximate surface area is 82.3 Å². The van der Waals surface area contributed by atoms with Gasteiger partial charge in [0.1, 0.15) is 0 Å². The van der Waals surface area contributed by atoms with E-state index in [1.807, 2.05) is 0 Å². The molecule has 1 fully saturated rings. The molecular weight excluding hydrogens is 178 g/mol. The highest BCUT2D eigenvalue weighted by Crippen LogP contribution is 2.13. The fourth-order valence-electron chi connectivity index (χ4n) is 1.78. The Morgan fingerprint density at radius 2 is 1.92 bits per heavy atom. The minimum atomic E-state index is -1.10. The van der Waals surface area contributed by atoms with Crippen molar-refractivity contribution in [2.45, 2.75) is 45.3 Å². The first-order chi connectivity index (χ1) is 5.99. The van der Waals surface area contributed by atoms with Gasteiger partial charge in [-0.25, -0.2) is 0 Å². The zero-order valence-corrected chi connectivity index (χ0v) is 10.1. The maximum absolute atomic E-state index is 11.6. The summed E-state index contributed by atoms with van der Waals surface area (Å²) in [6, 6.07) is 0. The second kappa shape index (κ2) is 4.27. The molecule has 0 aromatic carbocycles. The highest BCUT2D eigenvalue weighted by atomic mass is 28.3. The van der Waals surface area contributed by atoms with Gasteiger partial charge in [-0.05, 0) is 12.8 Å². The SMILES string of the molecule is C[Si](C)(C)CN1CCCCCC1=O. The molecule has 1 aliphatic rings. The number of carbonyl (C=O) groups excluding carboxylic acids is 1. The van der Waals surface area contributed by atoms with Crippen LogP contribution < -0.4 is 0 Å². The van der Waals surface area contributed by atoms with Crippen molar-refractivity contribution < 1.29 is 4.79 Å². The Morgan fingerprint density at radius 3 is 2.54 bits per heavy atom. The normalized spacial score (nSPS) is 20.2. The fourth-order valence-corrected chi connectivity index (χ4v) is 3.26. The van der Waals surface area contributed by atoms with Crippen LogP contribution in [0.15, 0.2) is 0 Å². The summed E-state index contributed by atoms with van der Waals surface area (Å²) >= 11 is 0. The number of carbonyl (C=O) groups is 1. The summed E-state index contributed by atoms with van der Waals surface area (Å²) in [7, 11) is -1.10. The van der Waals surface area contributed by atoms with E-state index in [0.717, 1.165) is 25.6 Å². The van der Waals surface area contributed by atoms with Gasteiger partial charge >= 0.3 is 0 Å². The lowest BCUT2D eigenvalue weighted by molar-refractivity contribution is -0.129. The number of nitrogens with zero attached hydrogens (tertiary/aromatic N) is 1. The number of rotatable bonds is 2. The Balaban J connectivity index is 2.50. The van der Waals surface area contributed by atoms with Crippen LogP contribution in [0.5, 0.6) is 0 Å². The zero-order valence-electron chi connectivity index (χ0n) is 9.10. The van der Waals surface area contributed by atoms with E-state index in [0.29, 0.717) is 5.91 Å². The number of likely N-dealkylation sites (tertiary alicyclic amines) is 1. The van der Waals surface area contributed by atoms with Gasteiger partial charge < -0.3 is 4.90 Å². The fraction of sp³-hybridized carbons (Fsp3) is 0.900. The lowest BCUT2D eigenvalue weighted by Crippen LogP contribution is -2.43. The van der Waals surface area contributed by atoms with Crippen LogP contribution in [0.25, 0.3) is 0 Å². The molecule has 0 bridgehead atoms. The van der Waals surface area contributed by atoms with E-state index in [2.05, 4.69) is 24.5 Å². The largest absolute Gasteiger partial charge is 0.346 e. The second-order valence-corrected chi connectivity index (χ2v) is 10.6. The summed E-state index contributed by atoms with van der Waals surface area (Å²) in [5.41, 5.74) is 0. The van der Waals surface area contributed by atoms with Gasteiger partial charge in [-0.3, -0.25) is 4.79 Å². The third kappa shape index (κ3) is 3.94. The van der Waals surface area contributed by atoms with Gasteiger partial charge in [0, 0.05) is 19.1 Å². The maximum Gasteiger partial charge on any atom is 0.222 e. The quantitative estimate of drug-likeness (QED) is 0.625. The molecule has 0 unspecified atom stereocenters. The molecule has 3 heteroatoms. The minimum absolute atomic E-state index is 0.389. The van der Waals surface area contributed by atoms with Crippen LogP contribution >= 0.6 is 0 Å². The first kappa shape index (κ1) is 10.8. The molecule has 1 aliphatic heterocycles. The summed E-state index contributed by atoms with van der Waals surface area (Å²) in [4.78, 5) is 13.7. The van der Waals surface area contributed by atoms with E-state index in [9.17, 15) is 4.79 Å². The first-order valence-corrected chi connectivity index (χ1v) is 8.97. The van der Waals surface area contributed by atoms with Crippen LogP contribution in [-0.2, 0) is 4.79 Å². The van der Waals surface area contributed by atoms with E-state index < -0.39 is 8.07 Å².